The van der Waals surface area contributed by atoms with Crippen LogP contribution in [0.15, 0.2) is 30.6 Å². The van der Waals surface area contributed by atoms with E-state index in [-0.39, 0.29) is 0 Å². The molecule has 0 aliphatic carbocycles. The quantitative estimate of drug-likeness (QED) is 0.655. The van der Waals surface area contributed by atoms with E-state index in [1.807, 2.05) is 18.2 Å². The van der Waals surface area contributed by atoms with Gasteiger partial charge in [-0.05, 0) is 18.2 Å². The Balaban J connectivity index is 2.19. The van der Waals surface area contributed by atoms with Gasteiger partial charge in [-0.25, -0.2) is 4.98 Å². The number of rotatable bonds is 1. The van der Waals surface area contributed by atoms with Gasteiger partial charge in [-0.3, -0.25) is 4.98 Å². The van der Waals surface area contributed by atoms with Gasteiger partial charge in [-0.1, -0.05) is 0 Å². The first-order valence-electron chi connectivity index (χ1n) is 4.48. The van der Waals surface area contributed by atoms with Crippen LogP contribution in [0.1, 0.15) is 0 Å². The summed E-state index contributed by atoms with van der Waals surface area (Å²) < 4.78 is 0. The number of nitrogen functional groups attached to an aromatic ring is 1. The van der Waals surface area contributed by atoms with E-state index in [9.17, 15) is 0 Å². The molecule has 0 radical (unpaired) electrons. The zero-order valence-corrected chi connectivity index (χ0v) is 8.58. The van der Waals surface area contributed by atoms with Crippen molar-refractivity contribution in [1.29, 1.82) is 0 Å². The lowest BCUT2D eigenvalue weighted by Crippen LogP contribution is -1.74. The molecule has 3 aromatic heterocycles. The summed E-state index contributed by atoms with van der Waals surface area (Å²) in [5.74, 6) is 0.847. The molecule has 3 rings (SSSR count). The Hall–Kier alpha value is -1.88. The van der Waals surface area contributed by atoms with Crippen molar-refractivity contribution >= 4 is 27.4 Å². The Morgan fingerprint density at radius 3 is 2.93 bits per heavy atom. The Labute approximate surface area is 89.8 Å². The highest BCUT2D eigenvalue weighted by Gasteiger charge is 2.06. The minimum absolute atomic E-state index is 0.795. The lowest BCUT2D eigenvalue weighted by Gasteiger charge is -1.86. The maximum absolute atomic E-state index is 5.67. The number of hydrogen-bond donors (Lipinski definition) is 2. The number of nitrogens with two attached hydrogens (primary N) is 1. The van der Waals surface area contributed by atoms with Crippen molar-refractivity contribution in [2.24, 2.45) is 0 Å². The minimum atomic E-state index is 0.795. The molecular weight excluding hydrogens is 208 g/mol. The molecule has 0 atom stereocenters. The van der Waals surface area contributed by atoms with E-state index in [1.54, 1.807) is 12.4 Å². The van der Waals surface area contributed by atoms with Crippen molar-refractivity contribution in [1.82, 2.24) is 15.0 Å². The number of nitrogens with zero attached hydrogens (tertiary/aromatic N) is 2. The second kappa shape index (κ2) is 3.06. The molecule has 74 valence electrons. The van der Waals surface area contributed by atoms with E-state index in [1.165, 1.54) is 11.3 Å². The van der Waals surface area contributed by atoms with Gasteiger partial charge >= 0.3 is 0 Å². The molecule has 0 spiro atoms. The number of nitrogens with one attached hydrogen (secondary N) is 1. The summed E-state index contributed by atoms with van der Waals surface area (Å²) in [5, 5.41) is 0.795. The van der Waals surface area contributed by atoms with Gasteiger partial charge in [0.25, 0.3) is 0 Å². The third-order valence-electron chi connectivity index (χ3n) is 2.14. The fourth-order valence-corrected chi connectivity index (χ4v) is 2.17. The van der Waals surface area contributed by atoms with Crippen LogP contribution in [0.2, 0.25) is 0 Å². The van der Waals surface area contributed by atoms with Gasteiger partial charge in [0.15, 0.2) is 0 Å². The normalized spacial score (nSPS) is 10.9. The van der Waals surface area contributed by atoms with Crippen LogP contribution in [-0.4, -0.2) is 15.0 Å². The fourth-order valence-electron chi connectivity index (χ4n) is 1.45. The molecule has 0 saturated carbocycles. The van der Waals surface area contributed by atoms with E-state index in [4.69, 9.17) is 5.73 Å². The molecule has 3 aromatic rings. The Morgan fingerprint density at radius 2 is 2.20 bits per heavy atom. The monoisotopic (exact) mass is 216 g/mol. The van der Waals surface area contributed by atoms with E-state index in [2.05, 4.69) is 15.0 Å². The SMILES string of the molecule is Nc1ccc(-c2nc3ccncc3[nH]2)s1. The number of pyridine rings is 1. The van der Waals surface area contributed by atoms with E-state index < -0.39 is 0 Å². The number of imidazole rings is 1. The fraction of sp³-hybridized carbons (Fsp3) is 0. The maximum atomic E-state index is 5.67. The van der Waals surface area contributed by atoms with Crippen molar-refractivity contribution < 1.29 is 0 Å². The number of fused-ring (bicyclic) bond motifs is 1. The van der Waals surface area contributed by atoms with Crippen molar-refractivity contribution in [3.05, 3.63) is 30.6 Å². The predicted octanol–water partition coefficient (Wildman–Crippen LogP) is 2.27. The smallest absolute Gasteiger partial charge is 0.148 e. The van der Waals surface area contributed by atoms with Crippen molar-refractivity contribution in [2.75, 3.05) is 5.73 Å². The van der Waals surface area contributed by atoms with E-state index in [0.717, 1.165) is 26.7 Å². The molecule has 0 saturated heterocycles. The second-order valence-corrected chi connectivity index (χ2v) is 4.30. The third-order valence-corrected chi connectivity index (χ3v) is 3.06. The molecule has 0 aromatic carbocycles. The van der Waals surface area contributed by atoms with E-state index in [0.29, 0.717) is 0 Å². The highest BCUT2D eigenvalue weighted by atomic mass is 32.1. The van der Waals surface area contributed by atoms with E-state index >= 15 is 0 Å². The summed E-state index contributed by atoms with van der Waals surface area (Å²) >= 11 is 1.52. The Bertz CT molecular complexity index is 577. The Morgan fingerprint density at radius 1 is 1.27 bits per heavy atom. The van der Waals surface area contributed by atoms with Crippen LogP contribution in [-0.2, 0) is 0 Å². The highest BCUT2D eigenvalue weighted by molar-refractivity contribution is 7.19. The number of anilines is 1. The molecule has 0 bridgehead atoms. The first-order chi connectivity index (χ1) is 7.33. The zero-order chi connectivity index (χ0) is 10.3. The average Bonchev–Trinajstić information content (AvgIpc) is 2.82. The van der Waals surface area contributed by atoms with Gasteiger partial charge in [-0.2, -0.15) is 0 Å². The van der Waals surface area contributed by atoms with Crippen LogP contribution >= 0.6 is 11.3 Å². The number of hydrogen-bond acceptors (Lipinski definition) is 4. The third kappa shape index (κ3) is 1.37. The summed E-state index contributed by atoms with van der Waals surface area (Å²) in [6.07, 6.45) is 3.50. The molecular formula is C10H8N4S. The zero-order valence-electron chi connectivity index (χ0n) is 7.77. The molecule has 3 N–H and O–H groups in total. The molecule has 0 aliphatic heterocycles. The first-order valence-corrected chi connectivity index (χ1v) is 5.30. The second-order valence-electron chi connectivity index (χ2n) is 3.18. The maximum Gasteiger partial charge on any atom is 0.148 e. The van der Waals surface area contributed by atoms with Crippen LogP contribution in [0.5, 0.6) is 0 Å². The molecule has 0 amide bonds. The number of aromatic amines is 1. The number of H-pyrrole nitrogens is 1. The Kier molecular flexibility index (Phi) is 1.72. The molecule has 15 heavy (non-hydrogen) atoms. The summed E-state index contributed by atoms with van der Waals surface area (Å²) in [5.41, 5.74) is 7.54. The van der Waals surface area contributed by atoms with Gasteiger partial charge in [0.05, 0.1) is 27.1 Å². The molecule has 5 heteroatoms. The van der Waals surface area contributed by atoms with Crippen LogP contribution in [0.25, 0.3) is 21.7 Å². The summed E-state index contributed by atoms with van der Waals surface area (Å²) in [4.78, 5) is 12.7. The van der Waals surface area contributed by atoms with Crippen LogP contribution in [0, 0.1) is 0 Å². The van der Waals surface area contributed by atoms with Gasteiger partial charge < -0.3 is 10.7 Å². The largest absolute Gasteiger partial charge is 0.391 e. The molecule has 0 unspecified atom stereocenters. The van der Waals surface area contributed by atoms with Crippen LogP contribution in [0.3, 0.4) is 0 Å². The average molecular weight is 216 g/mol. The molecule has 0 fully saturated rings. The molecule has 4 nitrogen and oxygen atoms in total. The standard InChI is InChI=1S/C10H8N4S/c11-9-2-1-8(15-9)10-13-6-3-4-12-5-7(6)14-10/h1-5H,11H2,(H,13,14). The van der Waals surface area contributed by atoms with Gasteiger partial charge in [0.1, 0.15) is 5.82 Å². The lowest BCUT2D eigenvalue weighted by atomic mass is 10.4. The van der Waals surface area contributed by atoms with Crippen molar-refractivity contribution in [3.8, 4) is 10.7 Å². The number of thiophene rings is 1. The minimum Gasteiger partial charge on any atom is -0.391 e. The predicted molar refractivity (Wildman–Crippen MR) is 61.6 cm³/mol. The van der Waals surface area contributed by atoms with Gasteiger partial charge in [0.2, 0.25) is 0 Å². The number of aromatic nitrogens is 3. The highest BCUT2D eigenvalue weighted by Crippen LogP contribution is 2.28. The first kappa shape index (κ1) is 8.43. The topological polar surface area (TPSA) is 67.6 Å². The molecule has 0 aliphatic rings. The van der Waals surface area contributed by atoms with Crippen LogP contribution in [0.4, 0.5) is 5.00 Å². The van der Waals surface area contributed by atoms with Crippen LogP contribution < -0.4 is 5.73 Å². The lowest BCUT2D eigenvalue weighted by molar-refractivity contribution is 1.34. The van der Waals surface area contributed by atoms with Gasteiger partial charge in [-0.15, -0.1) is 11.3 Å². The van der Waals surface area contributed by atoms with Gasteiger partial charge in [0, 0.05) is 6.20 Å². The summed E-state index contributed by atoms with van der Waals surface area (Å²) in [6.45, 7) is 0. The van der Waals surface area contributed by atoms with Crippen molar-refractivity contribution in [3.63, 3.8) is 0 Å². The molecule has 3 heterocycles. The summed E-state index contributed by atoms with van der Waals surface area (Å²) in [6, 6.07) is 5.73. The summed E-state index contributed by atoms with van der Waals surface area (Å²) in [7, 11) is 0. The van der Waals surface area contributed by atoms with Crippen molar-refractivity contribution in [2.45, 2.75) is 0 Å².